The maximum absolute atomic E-state index is 11.5. The van der Waals surface area contributed by atoms with Crippen molar-refractivity contribution in [3.8, 4) is 0 Å². The van der Waals surface area contributed by atoms with E-state index >= 15 is 0 Å². The molecule has 0 bridgehead atoms. The smallest absolute Gasteiger partial charge is 0.277 e. The number of allylic oxidation sites excluding steroid dienone is 2. The third-order valence-corrected chi connectivity index (χ3v) is 5.53. The minimum absolute atomic E-state index is 0.220. The molecule has 1 atom stereocenters. The molecule has 136 valence electrons. The zero-order valence-electron chi connectivity index (χ0n) is 15.5. The third-order valence-electron chi connectivity index (χ3n) is 5.53. The Bertz CT molecular complexity index is 670. The quantitative estimate of drug-likeness (QED) is 0.591. The Morgan fingerprint density at radius 3 is 2.52 bits per heavy atom. The third kappa shape index (κ3) is 4.03. The lowest BCUT2D eigenvalue weighted by Crippen LogP contribution is -2.36. The molecule has 0 radical (unpaired) electrons. The van der Waals surface area contributed by atoms with Crippen molar-refractivity contribution in [2.45, 2.75) is 40.0 Å². The second-order valence-corrected chi connectivity index (χ2v) is 8.12. The van der Waals surface area contributed by atoms with Crippen molar-refractivity contribution >= 4 is 16.9 Å². The molecular weight excluding hydrogens is 316 g/mol. The van der Waals surface area contributed by atoms with Gasteiger partial charge in [-0.05, 0) is 48.3 Å². The molecule has 5 nitrogen and oxygen atoms in total. The summed E-state index contributed by atoms with van der Waals surface area (Å²) in [5, 5.41) is 11.5. The molecule has 5 heteroatoms. The number of morpholine rings is 1. The molecule has 1 unspecified atom stereocenters. The van der Waals surface area contributed by atoms with Gasteiger partial charge in [0, 0.05) is 24.8 Å². The second kappa shape index (κ2) is 7.16. The van der Waals surface area contributed by atoms with E-state index in [0.717, 1.165) is 49.2 Å². The van der Waals surface area contributed by atoms with Crippen molar-refractivity contribution in [2.24, 2.45) is 11.3 Å². The number of rotatable bonds is 3. The van der Waals surface area contributed by atoms with Gasteiger partial charge in [-0.1, -0.05) is 26.8 Å². The standard InChI is InChI=1S/C20H28N2O3/c1-20(2,3)16-6-4-15(5-7-16)18-14-17(8-9-19(18)22(23)24)21-10-12-25-13-11-21/h4,8-9,14,16H,5-7,10-13H2,1-3H3. The van der Waals surface area contributed by atoms with E-state index in [1.807, 2.05) is 12.1 Å². The van der Waals surface area contributed by atoms with Crippen LogP contribution >= 0.6 is 0 Å². The van der Waals surface area contributed by atoms with Gasteiger partial charge in [-0.15, -0.1) is 0 Å². The molecule has 0 aromatic heterocycles. The van der Waals surface area contributed by atoms with Crippen LogP contribution in [0.3, 0.4) is 0 Å². The van der Waals surface area contributed by atoms with Gasteiger partial charge in [0.05, 0.1) is 23.7 Å². The maximum Gasteiger partial charge on any atom is 0.277 e. The summed E-state index contributed by atoms with van der Waals surface area (Å²) in [5.74, 6) is 0.637. The predicted octanol–water partition coefficient (Wildman–Crippen LogP) is 4.66. The van der Waals surface area contributed by atoms with E-state index in [1.165, 1.54) is 0 Å². The fourth-order valence-corrected chi connectivity index (χ4v) is 3.82. The van der Waals surface area contributed by atoms with Crippen molar-refractivity contribution in [1.29, 1.82) is 0 Å². The number of hydrogen-bond acceptors (Lipinski definition) is 4. The average Bonchev–Trinajstić information content (AvgIpc) is 2.61. The molecule has 0 saturated carbocycles. The van der Waals surface area contributed by atoms with Crippen molar-refractivity contribution < 1.29 is 9.66 Å². The van der Waals surface area contributed by atoms with Crippen molar-refractivity contribution in [3.63, 3.8) is 0 Å². The van der Waals surface area contributed by atoms with Crippen LogP contribution < -0.4 is 4.90 Å². The molecule has 0 spiro atoms. The van der Waals surface area contributed by atoms with Crippen molar-refractivity contribution in [1.82, 2.24) is 0 Å². The number of anilines is 1. The highest BCUT2D eigenvalue weighted by Crippen LogP contribution is 2.42. The Labute approximate surface area is 149 Å². The summed E-state index contributed by atoms with van der Waals surface area (Å²) in [5.41, 5.74) is 3.48. The molecule has 1 saturated heterocycles. The lowest BCUT2D eigenvalue weighted by atomic mass is 9.72. The summed E-state index contributed by atoms with van der Waals surface area (Å²) in [4.78, 5) is 13.5. The van der Waals surface area contributed by atoms with Crippen LogP contribution in [0.4, 0.5) is 11.4 Å². The highest BCUT2D eigenvalue weighted by atomic mass is 16.6. The predicted molar refractivity (Wildman–Crippen MR) is 101 cm³/mol. The summed E-state index contributed by atoms with van der Waals surface area (Å²) < 4.78 is 5.41. The van der Waals surface area contributed by atoms with Crippen LogP contribution in [0.5, 0.6) is 0 Å². The van der Waals surface area contributed by atoms with Gasteiger partial charge in [-0.3, -0.25) is 10.1 Å². The van der Waals surface area contributed by atoms with Crippen LogP contribution in [0.15, 0.2) is 24.3 Å². The molecular formula is C20H28N2O3. The zero-order chi connectivity index (χ0) is 18.0. The SMILES string of the molecule is CC(C)(C)C1CC=C(c2cc(N3CCOCC3)ccc2[N+](=O)[O-])CC1. The minimum atomic E-state index is -0.255. The minimum Gasteiger partial charge on any atom is -0.378 e. The number of nitro benzene ring substituents is 1. The monoisotopic (exact) mass is 344 g/mol. The van der Waals surface area contributed by atoms with Gasteiger partial charge >= 0.3 is 0 Å². The van der Waals surface area contributed by atoms with Crippen molar-refractivity contribution in [3.05, 3.63) is 40.0 Å². The Balaban J connectivity index is 1.90. The number of hydrogen-bond donors (Lipinski definition) is 0. The molecule has 1 fully saturated rings. The van der Waals surface area contributed by atoms with Gasteiger partial charge in [0.1, 0.15) is 0 Å². The number of nitro groups is 1. The number of nitrogens with zero attached hydrogens (tertiary/aromatic N) is 2. The van der Waals surface area contributed by atoms with Crippen LogP contribution in [0.1, 0.15) is 45.6 Å². The first-order valence-electron chi connectivity index (χ1n) is 9.17. The van der Waals surface area contributed by atoms with E-state index in [2.05, 4.69) is 31.7 Å². The Hall–Kier alpha value is -1.88. The molecule has 2 aliphatic rings. The summed E-state index contributed by atoms with van der Waals surface area (Å²) >= 11 is 0. The summed E-state index contributed by atoms with van der Waals surface area (Å²) in [6, 6.07) is 5.54. The van der Waals surface area contributed by atoms with E-state index < -0.39 is 0 Å². The summed E-state index contributed by atoms with van der Waals surface area (Å²) in [6.07, 6.45) is 5.23. The van der Waals surface area contributed by atoms with E-state index in [1.54, 1.807) is 6.07 Å². The summed E-state index contributed by atoms with van der Waals surface area (Å²) in [6.45, 7) is 9.92. The molecule has 0 amide bonds. The highest BCUT2D eigenvalue weighted by molar-refractivity contribution is 5.76. The first kappa shape index (κ1) is 17.9. The molecule has 1 aliphatic heterocycles. The Morgan fingerprint density at radius 2 is 1.96 bits per heavy atom. The number of benzene rings is 1. The molecule has 1 aromatic carbocycles. The molecule has 1 aromatic rings. The van der Waals surface area contributed by atoms with Gasteiger partial charge < -0.3 is 9.64 Å². The van der Waals surface area contributed by atoms with E-state index in [4.69, 9.17) is 4.74 Å². The van der Waals surface area contributed by atoms with Gasteiger partial charge in [0.25, 0.3) is 5.69 Å². The van der Waals surface area contributed by atoms with Gasteiger partial charge in [0.2, 0.25) is 0 Å². The normalized spacial score (nSPS) is 21.8. The Kier molecular flexibility index (Phi) is 5.13. The van der Waals surface area contributed by atoms with Crippen LogP contribution in [0.25, 0.3) is 5.57 Å². The number of ether oxygens (including phenoxy) is 1. The summed E-state index contributed by atoms with van der Waals surface area (Å²) in [7, 11) is 0. The fourth-order valence-electron chi connectivity index (χ4n) is 3.82. The fraction of sp³-hybridized carbons (Fsp3) is 0.600. The first-order valence-corrected chi connectivity index (χ1v) is 9.17. The van der Waals surface area contributed by atoms with Gasteiger partial charge in [-0.25, -0.2) is 0 Å². The van der Waals surface area contributed by atoms with Crippen molar-refractivity contribution in [2.75, 3.05) is 31.2 Å². The largest absolute Gasteiger partial charge is 0.378 e. The zero-order valence-corrected chi connectivity index (χ0v) is 15.5. The molecule has 0 N–H and O–H groups in total. The van der Waals surface area contributed by atoms with Crippen LogP contribution in [0, 0.1) is 21.4 Å². The average molecular weight is 344 g/mol. The van der Waals surface area contributed by atoms with Crippen LogP contribution in [0.2, 0.25) is 0 Å². The molecule has 1 aliphatic carbocycles. The van der Waals surface area contributed by atoms with E-state index in [9.17, 15) is 10.1 Å². The lowest BCUT2D eigenvalue weighted by Gasteiger charge is -2.33. The van der Waals surface area contributed by atoms with E-state index in [0.29, 0.717) is 19.1 Å². The van der Waals surface area contributed by atoms with Crippen LogP contribution in [-0.2, 0) is 4.74 Å². The first-order chi connectivity index (χ1) is 11.9. The topological polar surface area (TPSA) is 55.6 Å². The van der Waals surface area contributed by atoms with E-state index in [-0.39, 0.29) is 16.0 Å². The Morgan fingerprint density at radius 1 is 1.24 bits per heavy atom. The van der Waals surface area contributed by atoms with Gasteiger partial charge in [-0.2, -0.15) is 0 Å². The van der Waals surface area contributed by atoms with Crippen LogP contribution in [-0.4, -0.2) is 31.2 Å². The highest BCUT2D eigenvalue weighted by Gasteiger charge is 2.28. The molecule has 25 heavy (non-hydrogen) atoms. The van der Waals surface area contributed by atoms with Gasteiger partial charge in [0.15, 0.2) is 0 Å². The second-order valence-electron chi connectivity index (χ2n) is 8.12. The maximum atomic E-state index is 11.5. The molecule has 3 rings (SSSR count). The molecule has 1 heterocycles. The lowest BCUT2D eigenvalue weighted by molar-refractivity contribution is -0.385.